The van der Waals surface area contributed by atoms with Gasteiger partial charge in [-0.3, -0.25) is 4.79 Å². The smallest absolute Gasteiger partial charge is 0.261 e. The van der Waals surface area contributed by atoms with Crippen LogP contribution in [-0.2, 0) is 6.54 Å². The highest BCUT2D eigenvalue weighted by Gasteiger charge is 2.19. The van der Waals surface area contributed by atoms with E-state index in [2.05, 4.69) is 20.6 Å². The molecular weight excluding hydrogens is 376 g/mol. The number of ether oxygens (including phenoxy) is 1. The lowest BCUT2D eigenvalue weighted by Crippen LogP contribution is -2.31. The van der Waals surface area contributed by atoms with Crippen molar-refractivity contribution in [3.8, 4) is 5.75 Å². The van der Waals surface area contributed by atoms with E-state index in [4.69, 9.17) is 4.74 Å². The number of hydrogen-bond acceptors (Lipinski definition) is 7. The molecule has 7 nitrogen and oxygen atoms in total. The van der Waals surface area contributed by atoms with Gasteiger partial charge in [0, 0.05) is 18.7 Å². The molecule has 3 rings (SSSR count). The van der Waals surface area contributed by atoms with Crippen LogP contribution in [0.5, 0.6) is 5.75 Å². The number of methoxy groups -OCH3 is 1. The van der Waals surface area contributed by atoms with Gasteiger partial charge in [0.15, 0.2) is 0 Å². The Balaban J connectivity index is 1.84. The SMILES string of the molecule is CC[C@@H](O)CNC(=O)c1sc2ncnc(NCc3ccccc3OC)c2c1C. The zero-order chi connectivity index (χ0) is 20.1. The fourth-order valence-corrected chi connectivity index (χ4v) is 3.95. The number of fused-ring (bicyclic) bond motifs is 1. The summed E-state index contributed by atoms with van der Waals surface area (Å²) in [4.78, 5) is 22.6. The van der Waals surface area contributed by atoms with Crippen molar-refractivity contribution in [2.45, 2.75) is 32.9 Å². The zero-order valence-corrected chi connectivity index (χ0v) is 17.0. The van der Waals surface area contributed by atoms with E-state index in [1.54, 1.807) is 7.11 Å². The van der Waals surface area contributed by atoms with Crippen LogP contribution in [0.4, 0.5) is 5.82 Å². The minimum Gasteiger partial charge on any atom is -0.496 e. The monoisotopic (exact) mass is 400 g/mol. The van der Waals surface area contributed by atoms with Gasteiger partial charge in [0.25, 0.3) is 5.91 Å². The molecule has 28 heavy (non-hydrogen) atoms. The predicted octanol–water partition coefficient (Wildman–Crippen LogP) is 3.12. The number of benzene rings is 1. The number of anilines is 1. The van der Waals surface area contributed by atoms with Crippen LogP contribution >= 0.6 is 11.3 Å². The molecule has 0 aliphatic rings. The molecule has 8 heteroatoms. The molecule has 0 aliphatic carbocycles. The zero-order valence-electron chi connectivity index (χ0n) is 16.2. The molecule has 2 aromatic heterocycles. The van der Waals surface area contributed by atoms with Crippen molar-refractivity contribution >= 4 is 33.3 Å². The molecule has 0 fully saturated rings. The summed E-state index contributed by atoms with van der Waals surface area (Å²) in [6.45, 7) is 4.53. The molecule has 1 aromatic carbocycles. The van der Waals surface area contributed by atoms with E-state index in [0.717, 1.165) is 27.1 Å². The molecule has 0 saturated carbocycles. The summed E-state index contributed by atoms with van der Waals surface area (Å²) >= 11 is 1.33. The lowest BCUT2D eigenvalue weighted by molar-refractivity contribution is 0.0917. The summed E-state index contributed by atoms with van der Waals surface area (Å²) < 4.78 is 5.39. The second-order valence-electron chi connectivity index (χ2n) is 6.40. The summed E-state index contributed by atoms with van der Waals surface area (Å²) in [7, 11) is 1.64. The highest BCUT2D eigenvalue weighted by Crippen LogP contribution is 2.33. The van der Waals surface area contributed by atoms with Crippen LogP contribution in [-0.4, -0.2) is 40.7 Å². The average Bonchev–Trinajstić information content (AvgIpc) is 3.07. The normalized spacial score (nSPS) is 12.0. The number of rotatable bonds is 8. The number of carbonyl (C=O) groups is 1. The van der Waals surface area contributed by atoms with Gasteiger partial charge in [-0.05, 0) is 25.0 Å². The highest BCUT2D eigenvalue weighted by molar-refractivity contribution is 7.20. The molecule has 1 amide bonds. The molecule has 3 aromatic rings. The Kier molecular flexibility index (Phi) is 6.43. The topological polar surface area (TPSA) is 96.4 Å². The quantitative estimate of drug-likeness (QED) is 0.538. The Morgan fingerprint density at radius 1 is 1.32 bits per heavy atom. The Bertz CT molecular complexity index is 973. The largest absolute Gasteiger partial charge is 0.496 e. The number of aliphatic hydroxyl groups is 1. The third-order valence-electron chi connectivity index (χ3n) is 4.54. The van der Waals surface area contributed by atoms with E-state index in [-0.39, 0.29) is 12.5 Å². The second kappa shape index (κ2) is 8.99. The molecule has 0 spiro atoms. The fraction of sp³-hybridized carbons (Fsp3) is 0.350. The van der Waals surface area contributed by atoms with Gasteiger partial charge in [0.2, 0.25) is 0 Å². The minimum absolute atomic E-state index is 0.205. The first-order valence-electron chi connectivity index (χ1n) is 9.11. The standard InChI is InChI=1S/C20H24N4O3S/c1-4-14(25)10-22-19(26)17-12(2)16-18(23-11-24-20(16)28-17)21-9-13-7-5-6-8-15(13)27-3/h5-8,11,14,25H,4,9-10H2,1-3H3,(H,22,26)(H,21,23,24)/t14-/m1/s1. The third-order valence-corrected chi connectivity index (χ3v) is 5.74. The van der Waals surface area contributed by atoms with Crippen molar-refractivity contribution in [3.05, 3.63) is 46.6 Å². The fourth-order valence-electron chi connectivity index (χ4n) is 2.89. The van der Waals surface area contributed by atoms with Crippen LogP contribution in [0.15, 0.2) is 30.6 Å². The summed E-state index contributed by atoms with van der Waals surface area (Å²) in [5.41, 5.74) is 1.84. The Morgan fingerprint density at radius 3 is 2.86 bits per heavy atom. The molecule has 1 atom stereocenters. The van der Waals surface area contributed by atoms with Gasteiger partial charge >= 0.3 is 0 Å². The van der Waals surface area contributed by atoms with Crippen molar-refractivity contribution in [2.75, 3.05) is 19.0 Å². The average molecular weight is 401 g/mol. The second-order valence-corrected chi connectivity index (χ2v) is 7.40. The maximum absolute atomic E-state index is 12.5. The Labute approximate surface area is 167 Å². The van der Waals surface area contributed by atoms with Gasteiger partial charge in [0.05, 0.1) is 23.5 Å². The number of hydrogen-bond donors (Lipinski definition) is 3. The van der Waals surface area contributed by atoms with Gasteiger partial charge in [-0.2, -0.15) is 0 Å². The minimum atomic E-state index is -0.545. The van der Waals surface area contributed by atoms with E-state index in [9.17, 15) is 9.90 Å². The maximum Gasteiger partial charge on any atom is 0.261 e. The molecule has 0 unspecified atom stereocenters. The van der Waals surface area contributed by atoms with Crippen LogP contribution in [0.2, 0.25) is 0 Å². The predicted molar refractivity (Wildman–Crippen MR) is 111 cm³/mol. The Hall–Kier alpha value is -2.71. The molecule has 2 heterocycles. The number of amides is 1. The molecule has 0 saturated heterocycles. The van der Waals surface area contributed by atoms with E-state index in [1.807, 2.05) is 38.1 Å². The number of thiophene rings is 1. The van der Waals surface area contributed by atoms with E-state index >= 15 is 0 Å². The van der Waals surface area contributed by atoms with E-state index < -0.39 is 6.10 Å². The van der Waals surface area contributed by atoms with Crippen molar-refractivity contribution in [2.24, 2.45) is 0 Å². The highest BCUT2D eigenvalue weighted by atomic mass is 32.1. The maximum atomic E-state index is 12.5. The number of aromatic nitrogens is 2. The van der Waals surface area contributed by atoms with Gasteiger partial charge in [0.1, 0.15) is 22.7 Å². The van der Waals surface area contributed by atoms with Crippen LogP contribution < -0.4 is 15.4 Å². The summed E-state index contributed by atoms with van der Waals surface area (Å²) in [6.07, 6.45) is 1.54. The number of aryl methyl sites for hydroxylation is 1. The van der Waals surface area contributed by atoms with Crippen LogP contribution in [0, 0.1) is 6.92 Å². The number of aliphatic hydroxyl groups excluding tert-OH is 1. The molecule has 3 N–H and O–H groups in total. The van der Waals surface area contributed by atoms with Gasteiger partial charge in [-0.1, -0.05) is 25.1 Å². The van der Waals surface area contributed by atoms with Gasteiger partial charge in [-0.25, -0.2) is 9.97 Å². The van der Waals surface area contributed by atoms with E-state index in [1.165, 1.54) is 17.7 Å². The molecule has 0 aliphatic heterocycles. The first-order valence-corrected chi connectivity index (χ1v) is 9.92. The van der Waals surface area contributed by atoms with Crippen molar-refractivity contribution in [1.82, 2.24) is 15.3 Å². The molecular formula is C20H24N4O3S. The molecule has 148 valence electrons. The molecule has 0 radical (unpaired) electrons. The lowest BCUT2D eigenvalue weighted by atomic mass is 10.1. The molecule has 0 bridgehead atoms. The van der Waals surface area contributed by atoms with Crippen molar-refractivity contribution in [3.63, 3.8) is 0 Å². The summed E-state index contributed by atoms with van der Waals surface area (Å²) in [5.74, 6) is 1.28. The van der Waals surface area contributed by atoms with E-state index in [0.29, 0.717) is 23.7 Å². The lowest BCUT2D eigenvalue weighted by Gasteiger charge is -2.11. The van der Waals surface area contributed by atoms with Crippen molar-refractivity contribution in [1.29, 1.82) is 0 Å². The van der Waals surface area contributed by atoms with Crippen LogP contribution in [0.25, 0.3) is 10.2 Å². The summed E-state index contributed by atoms with van der Waals surface area (Å²) in [6, 6.07) is 7.78. The number of nitrogens with zero attached hydrogens (tertiary/aromatic N) is 2. The number of nitrogens with one attached hydrogen (secondary N) is 2. The summed E-state index contributed by atoms with van der Waals surface area (Å²) in [5, 5.41) is 16.6. The number of para-hydroxylation sites is 1. The third kappa shape index (κ3) is 4.23. The van der Waals surface area contributed by atoms with Crippen LogP contribution in [0.3, 0.4) is 0 Å². The van der Waals surface area contributed by atoms with Crippen LogP contribution in [0.1, 0.15) is 34.1 Å². The first-order chi connectivity index (χ1) is 13.5. The number of carbonyl (C=O) groups excluding carboxylic acids is 1. The van der Waals surface area contributed by atoms with Crippen molar-refractivity contribution < 1.29 is 14.6 Å². The Morgan fingerprint density at radius 2 is 2.11 bits per heavy atom. The van der Waals surface area contributed by atoms with Gasteiger partial charge in [-0.15, -0.1) is 11.3 Å². The van der Waals surface area contributed by atoms with Gasteiger partial charge < -0.3 is 20.5 Å². The first kappa shape index (κ1) is 20.0.